The van der Waals surface area contributed by atoms with E-state index in [0.717, 1.165) is 0 Å². The van der Waals surface area contributed by atoms with Gasteiger partial charge in [-0.05, 0) is 63.8 Å². The monoisotopic (exact) mass is 242 g/mol. The fraction of sp³-hybridized carbons (Fsp3) is 0.471. The van der Waals surface area contributed by atoms with Crippen molar-refractivity contribution in [3.8, 4) is 0 Å². The first-order valence-corrected chi connectivity index (χ1v) is 6.64. The molecule has 0 saturated carbocycles. The molecule has 0 saturated heterocycles. The molecule has 1 aromatic heterocycles. The van der Waals surface area contributed by atoms with Crippen LogP contribution in [0.2, 0.25) is 0 Å². The van der Waals surface area contributed by atoms with Gasteiger partial charge in [-0.3, -0.25) is 0 Å². The Morgan fingerprint density at radius 2 is 1.00 bits per heavy atom. The number of nitrogens with zero attached hydrogens (tertiary/aromatic N) is 1. The van der Waals surface area contributed by atoms with Gasteiger partial charge in [-0.15, -0.1) is 0 Å². The van der Waals surface area contributed by atoms with Crippen LogP contribution < -0.4 is 4.57 Å². The van der Waals surface area contributed by atoms with Crippen molar-refractivity contribution in [2.75, 3.05) is 0 Å². The summed E-state index contributed by atoms with van der Waals surface area (Å²) in [6, 6.07) is 0. The number of aromatic nitrogens is 1. The lowest BCUT2D eigenvalue weighted by Gasteiger charge is -2.16. The lowest BCUT2D eigenvalue weighted by molar-refractivity contribution is -0.651. The Hall–Kier alpha value is -1.37. The van der Waals surface area contributed by atoms with Crippen LogP contribution in [0.15, 0.2) is 0 Å². The van der Waals surface area contributed by atoms with E-state index in [4.69, 9.17) is 0 Å². The Bertz CT molecular complexity index is 551. The van der Waals surface area contributed by atoms with Gasteiger partial charge in [0.25, 0.3) is 0 Å². The summed E-state index contributed by atoms with van der Waals surface area (Å²) >= 11 is 0. The molecular formula is C17H24N+. The number of hydrogen-bond donors (Lipinski definition) is 0. The minimum Gasteiger partial charge on any atom is -0.198 e. The summed E-state index contributed by atoms with van der Waals surface area (Å²) in [4.78, 5) is 0. The number of benzene rings is 1. The van der Waals surface area contributed by atoms with Crippen LogP contribution in [0.25, 0.3) is 10.9 Å². The van der Waals surface area contributed by atoms with Gasteiger partial charge in [0.15, 0.2) is 5.69 Å². The Balaban J connectivity index is 3.22. The van der Waals surface area contributed by atoms with Crippen molar-refractivity contribution in [1.82, 2.24) is 0 Å². The Kier molecular flexibility index (Phi) is 2.96. The lowest BCUT2D eigenvalue weighted by Crippen LogP contribution is -2.35. The Labute approximate surface area is 110 Å². The molecule has 1 aromatic carbocycles. The fourth-order valence-corrected chi connectivity index (χ4v) is 3.05. The van der Waals surface area contributed by atoms with Crippen molar-refractivity contribution >= 4 is 10.9 Å². The first-order chi connectivity index (χ1) is 8.29. The summed E-state index contributed by atoms with van der Waals surface area (Å²) in [6.07, 6.45) is 0. The molecule has 0 aliphatic carbocycles. The van der Waals surface area contributed by atoms with E-state index >= 15 is 0 Å². The van der Waals surface area contributed by atoms with Crippen LogP contribution in [0.5, 0.6) is 0 Å². The van der Waals surface area contributed by atoms with E-state index in [9.17, 15) is 0 Å². The molecule has 0 atom stereocenters. The van der Waals surface area contributed by atoms with Gasteiger partial charge >= 0.3 is 0 Å². The van der Waals surface area contributed by atoms with E-state index in [1.165, 1.54) is 50.0 Å². The predicted octanol–water partition coefficient (Wildman–Crippen LogP) is 3.82. The van der Waals surface area contributed by atoms with Crippen molar-refractivity contribution in [2.24, 2.45) is 7.05 Å². The molecule has 18 heavy (non-hydrogen) atoms. The molecule has 0 fully saturated rings. The number of hydrogen-bond acceptors (Lipinski definition) is 0. The smallest absolute Gasteiger partial charge is 0.198 e. The third kappa shape index (κ3) is 1.50. The minimum atomic E-state index is 1.37. The van der Waals surface area contributed by atoms with Crippen molar-refractivity contribution in [3.05, 3.63) is 39.1 Å². The average Bonchev–Trinajstić information content (AvgIpc) is 2.35. The van der Waals surface area contributed by atoms with Gasteiger partial charge in [0.05, 0.1) is 5.39 Å². The van der Waals surface area contributed by atoms with E-state index in [1.807, 2.05) is 0 Å². The predicted molar refractivity (Wildman–Crippen MR) is 78.3 cm³/mol. The standard InChI is InChI=1S/C17H24N/c1-9-10(2)14(6)17-16(12(9)4)13(5)11(3)15(7)18(17)8/h1-8H3/q+1. The average molecular weight is 242 g/mol. The van der Waals surface area contributed by atoms with Crippen molar-refractivity contribution in [1.29, 1.82) is 0 Å². The van der Waals surface area contributed by atoms with E-state index < -0.39 is 0 Å². The number of pyridine rings is 1. The summed E-state index contributed by atoms with van der Waals surface area (Å²) < 4.78 is 2.35. The summed E-state index contributed by atoms with van der Waals surface area (Å²) in [5.74, 6) is 0. The molecule has 0 aliphatic heterocycles. The van der Waals surface area contributed by atoms with Gasteiger partial charge in [-0.1, -0.05) is 0 Å². The molecule has 1 heterocycles. The molecule has 0 radical (unpaired) electrons. The third-order valence-corrected chi connectivity index (χ3v) is 4.97. The van der Waals surface area contributed by atoms with Crippen LogP contribution in [0.1, 0.15) is 39.1 Å². The van der Waals surface area contributed by atoms with Crippen LogP contribution in [-0.4, -0.2) is 0 Å². The molecule has 1 heteroatoms. The van der Waals surface area contributed by atoms with E-state index in [0.29, 0.717) is 0 Å². The highest BCUT2D eigenvalue weighted by atomic mass is 14.9. The van der Waals surface area contributed by atoms with E-state index in [1.54, 1.807) is 0 Å². The Morgan fingerprint density at radius 1 is 0.556 bits per heavy atom. The SMILES string of the molecule is Cc1c(C)c(C)c2c(c1C)c(C)c(C)c(C)[n+]2C. The largest absolute Gasteiger partial charge is 0.216 e. The van der Waals surface area contributed by atoms with Gasteiger partial charge in [0.2, 0.25) is 5.52 Å². The van der Waals surface area contributed by atoms with Gasteiger partial charge in [0.1, 0.15) is 7.05 Å². The topological polar surface area (TPSA) is 3.88 Å². The second-order valence-electron chi connectivity index (χ2n) is 5.62. The molecule has 0 aliphatic rings. The molecule has 2 aromatic rings. The van der Waals surface area contributed by atoms with Gasteiger partial charge < -0.3 is 0 Å². The van der Waals surface area contributed by atoms with E-state index in [-0.39, 0.29) is 0 Å². The van der Waals surface area contributed by atoms with Gasteiger partial charge in [0, 0.05) is 18.1 Å². The fourth-order valence-electron chi connectivity index (χ4n) is 3.05. The number of fused-ring (bicyclic) bond motifs is 1. The van der Waals surface area contributed by atoms with Crippen LogP contribution in [0, 0.1) is 48.5 Å². The maximum Gasteiger partial charge on any atom is 0.216 e. The van der Waals surface area contributed by atoms with Gasteiger partial charge in [-0.25, -0.2) is 0 Å². The zero-order chi connectivity index (χ0) is 13.8. The summed E-state index contributed by atoms with van der Waals surface area (Å²) in [5, 5.41) is 1.45. The molecule has 1 nitrogen and oxygen atoms in total. The quantitative estimate of drug-likeness (QED) is 0.618. The summed E-state index contributed by atoms with van der Waals surface area (Å²) in [7, 11) is 2.19. The van der Waals surface area contributed by atoms with Gasteiger partial charge in [-0.2, -0.15) is 4.57 Å². The summed E-state index contributed by atoms with van der Waals surface area (Å²) in [5.41, 5.74) is 11.3. The normalized spacial score (nSPS) is 11.3. The summed E-state index contributed by atoms with van der Waals surface area (Å²) in [6.45, 7) is 15.7. The number of rotatable bonds is 0. The third-order valence-electron chi connectivity index (χ3n) is 4.97. The van der Waals surface area contributed by atoms with Crippen molar-refractivity contribution in [3.63, 3.8) is 0 Å². The van der Waals surface area contributed by atoms with Crippen LogP contribution in [-0.2, 0) is 7.05 Å². The van der Waals surface area contributed by atoms with Crippen LogP contribution in [0.4, 0.5) is 0 Å². The maximum absolute atomic E-state index is 2.35. The Morgan fingerprint density at radius 3 is 1.56 bits per heavy atom. The molecule has 0 N–H and O–H groups in total. The molecular weight excluding hydrogens is 218 g/mol. The highest BCUT2D eigenvalue weighted by molar-refractivity contribution is 5.88. The highest BCUT2D eigenvalue weighted by Crippen LogP contribution is 2.31. The van der Waals surface area contributed by atoms with Crippen LogP contribution >= 0.6 is 0 Å². The van der Waals surface area contributed by atoms with E-state index in [2.05, 4.69) is 60.1 Å². The van der Waals surface area contributed by atoms with Crippen LogP contribution in [0.3, 0.4) is 0 Å². The maximum atomic E-state index is 2.35. The lowest BCUT2D eigenvalue weighted by atomic mass is 9.90. The molecule has 96 valence electrons. The zero-order valence-electron chi connectivity index (χ0n) is 12.9. The minimum absolute atomic E-state index is 1.37. The van der Waals surface area contributed by atoms with Crippen molar-refractivity contribution in [2.45, 2.75) is 48.5 Å². The molecule has 0 unspecified atom stereocenters. The molecule has 0 amide bonds. The first-order valence-electron chi connectivity index (χ1n) is 6.64. The molecule has 0 spiro atoms. The number of aryl methyl sites for hydroxylation is 4. The van der Waals surface area contributed by atoms with Crippen molar-refractivity contribution < 1.29 is 4.57 Å². The second kappa shape index (κ2) is 4.08. The highest BCUT2D eigenvalue weighted by Gasteiger charge is 2.22. The zero-order valence-corrected chi connectivity index (χ0v) is 12.9. The second-order valence-corrected chi connectivity index (χ2v) is 5.62. The first kappa shape index (κ1) is 13.1. The molecule has 0 bridgehead atoms. The molecule has 2 rings (SSSR count).